The van der Waals surface area contributed by atoms with E-state index < -0.39 is 11.7 Å². The van der Waals surface area contributed by atoms with Gasteiger partial charge in [-0.1, -0.05) is 29.8 Å². The van der Waals surface area contributed by atoms with E-state index in [1.54, 1.807) is 18.2 Å². The van der Waals surface area contributed by atoms with Crippen molar-refractivity contribution < 1.29 is 13.2 Å². The lowest BCUT2D eigenvalue weighted by molar-refractivity contribution is -0.137. The molecule has 0 aliphatic carbocycles. The summed E-state index contributed by atoms with van der Waals surface area (Å²) in [6.45, 7) is 0. The maximum atomic E-state index is 12.4. The highest BCUT2D eigenvalue weighted by Gasteiger charge is 2.29. The van der Waals surface area contributed by atoms with Gasteiger partial charge in [0, 0.05) is 12.1 Å². The minimum Gasteiger partial charge on any atom is -0.241 e. The van der Waals surface area contributed by atoms with Gasteiger partial charge in [-0.15, -0.1) is 0 Å². The first-order valence-electron chi connectivity index (χ1n) is 5.23. The standard InChI is InChI=1S/C13H9ClF3N/c14-12-3-1-2-11(18-12)8-9-4-6-10(7-5-9)13(15,16)17/h1-7H,8H2. The first-order valence-corrected chi connectivity index (χ1v) is 5.60. The monoisotopic (exact) mass is 271 g/mol. The molecule has 0 radical (unpaired) electrons. The van der Waals surface area contributed by atoms with Crippen LogP contribution in [0.4, 0.5) is 13.2 Å². The van der Waals surface area contributed by atoms with Crippen molar-refractivity contribution in [2.45, 2.75) is 12.6 Å². The van der Waals surface area contributed by atoms with Gasteiger partial charge in [0.15, 0.2) is 0 Å². The molecule has 0 amide bonds. The predicted molar refractivity (Wildman–Crippen MR) is 63.5 cm³/mol. The van der Waals surface area contributed by atoms with Crippen molar-refractivity contribution in [2.24, 2.45) is 0 Å². The zero-order chi connectivity index (χ0) is 13.2. The highest BCUT2D eigenvalue weighted by Crippen LogP contribution is 2.29. The number of benzene rings is 1. The Kier molecular flexibility index (Phi) is 3.57. The maximum absolute atomic E-state index is 12.4. The van der Waals surface area contributed by atoms with Gasteiger partial charge in [0.2, 0.25) is 0 Å². The average Bonchev–Trinajstić information content (AvgIpc) is 2.28. The lowest BCUT2D eigenvalue weighted by atomic mass is 10.1. The number of pyridine rings is 1. The number of nitrogens with zero attached hydrogens (tertiary/aromatic N) is 1. The van der Waals surface area contributed by atoms with Crippen LogP contribution in [0.25, 0.3) is 0 Å². The molecule has 0 atom stereocenters. The molecule has 0 saturated heterocycles. The Hall–Kier alpha value is -1.55. The minimum absolute atomic E-state index is 0.374. The van der Waals surface area contributed by atoms with Crippen molar-refractivity contribution in [1.82, 2.24) is 4.98 Å². The van der Waals surface area contributed by atoms with Gasteiger partial charge in [-0.25, -0.2) is 4.98 Å². The Bertz CT molecular complexity index is 535. The van der Waals surface area contributed by atoms with Crippen LogP contribution in [0.3, 0.4) is 0 Å². The molecular weight excluding hydrogens is 263 g/mol. The van der Waals surface area contributed by atoms with Crippen LogP contribution in [0.15, 0.2) is 42.5 Å². The van der Waals surface area contributed by atoms with Crippen molar-refractivity contribution in [1.29, 1.82) is 0 Å². The van der Waals surface area contributed by atoms with Crippen LogP contribution in [-0.4, -0.2) is 4.98 Å². The van der Waals surface area contributed by atoms with Crippen molar-refractivity contribution in [2.75, 3.05) is 0 Å². The zero-order valence-electron chi connectivity index (χ0n) is 9.21. The average molecular weight is 272 g/mol. The number of hydrogen-bond donors (Lipinski definition) is 0. The van der Waals surface area contributed by atoms with Gasteiger partial charge in [0.25, 0.3) is 0 Å². The molecule has 1 heterocycles. The Morgan fingerprint density at radius 3 is 2.22 bits per heavy atom. The lowest BCUT2D eigenvalue weighted by Gasteiger charge is -2.07. The van der Waals surface area contributed by atoms with Crippen LogP contribution >= 0.6 is 11.6 Å². The second-order valence-electron chi connectivity index (χ2n) is 3.82. The highest BCUT2D eigenvalue weighted by molar-refractivity contribution is 6.29. The van der Waals surface area contributed by atoms with E-state index in [0.717, 1.165) is 23.4 Å². The van der Waals surface area contributed by atoms with Crippen LogP contribution in [-0.2, 0) is 12.6 Å². The Labute approximate surface area is 107 Å². The molecule has 18 heavy (non-hydrogen) atoms. The molecule has 0 N–H and O–H groups in total. The molecule has 0 fully saturated rings. The number of alkyl halides is 3. The molecule has 5 heteroatoms. The Morgan fingerprint density at radius 2 is 1.67 bits per heavy atom. The highest BCUT2D eigenvalue weighted by atomic mass is 35.5. The summed E-state index contributed by atoms with van der Waals surface area (Å²) in [5.41, 5.74) is 0.838. The smallest absolute Gasteiger partial charge is 0.241 e. The number of rotatable bonds is 2. The summed E-state index contributed by atoms with van der Waals surface area (Å²) in [4.78, 5) is 4.08. The van der Waals surface area contributed by atoms with Crippen molar-refractivity contribution in [3.8, 4) is 0 Å². The van der Waals surface area contributed by atoms with Crippen LogP contribution in [0.1, 0.15) is 16.8 Å². The SMILES string of the molecule is FC(F)(F)c1ccc(Cc2cccc(Cl)n2)cc1. The van der Waals surface area contributed by atoms with Crippen LogP contribution in [0.2, 0.25) is 5.15 Å². The molecule has 0 bridgehead atoms. The molecule has 2 rings (SSSR count). The molecule has 0 aliphatic heterocycles. The predicted octanol–water partition coefficient (Wildman–Crippen LogP) is 4.34. The third-order valence-electron chi connectivity index (χ3n) is 2.44. The fourth-order valence-electron chi connectivity index (χ4n) is 1.57. The molecule has 0 spiro atoms. The lowest BCUT2D eigenvalue weighted by Crippen LogP contribution is -2.04. The molecular formula is C13H9ClF3N. The van der Waals surface area contributed by atoms with Crippen molar-refractivity contribution in [3.05, 3.63) is 64.4 Å². The van der Waals surface area contributed by atoms with Gasteiger partial charge in [-0.2, -0.15) is 13.2 Å². The van der Waals surface area contributed by atoms with Crippen molar-refractivity contribution in [3.63, 3.8) is 0 Å². The van der Waals surface area contributed by atoms with Crippen LogP contribution < -0.4 is 0 Å². The van der Waals surface area contributed by atoms with Gasteiger partial charge in [0.05, 0.1) is 5.56 Å². The van der Waals surface area contributed by atoms with E-state index in [4.69, 9.17) is 11.6 Å². The quantitative estimate of drug-likeness (QED) is 0.740. The largest absolute Gasteiger partial charge is 0.416 e. The maximum Gasteiger partial charge on any atom is 0.416 e. The molecule has 0 aliphatic rings. The molecule has 1 aromatic carbocycles. The van der Waals surface area contributed by atoms with E-state index in [9.17, 15) is 13.2 Å². The van der Waals surface area contributed by atoms with Gasteiger partial charge in [-0.05, 0) is 29.8 Å². The summed E-state index contributed by atoms with van der Waals surface area (Å²) in [6.07, 6.45) is -3.84. The van der Waals surface area contributed by atoms with E-state index in [1.807, 2.05) is 0 Å². The fraction of sp³-hybridized carbons (Fsp3) is 0.154. The number of aromatic nitrogens is 1. The second kappa shape index (κ2) is 4.98. The molecule has 0 saturated carbocycles. The van der Waals surface area contributed by atoms with E-state index >= 15 is 0 Å². The van der Waals surface area contributed by atoms with E-state index in [0.29, 0.717) is 11.6 Å². The Morgan fingerprint density at radius 1 is 1.00 bits per heavy atom. The summed E-state index contributed by atoms with van der Waals surface area (Å²) in [6, 6.07) is 10.2. The zero-order valence-corrected chi connectivity index (χ0v) is 9.96. The van der Waals surface area contributed by atoms with Crippen molar-refractivity contribution >= 4 is 11.6 Å². The third kappa shape index (κ3) is 3.23. The summed E-state index contributed by atoms with van der Waals surface area (Å²) < 4.78 is 37.1. The molecule has 0 unspecified atom stereocenters. The first-order chi connectivity index (χ1) is 8.45. The van der Waals surface area contributed by atoms with E-state index in [2.05, 4.69) is 4.98 Å². The number of halogens is 4. The third-order valence-corrected chi connectivity index (χ3v) is 2.65. The van der Waals surface area contributed by atoms with E-state index in [-0.39, 0.29) is 0 Å². The molecule has 2 aromatic rings. The second-order valence-corrected chi connectivity index (χ2v) is 4.21. The normalized spacial score (nSPS) is 11.6. The van der Waals surface area contributed by atoms with Gasteiger partial charge in [-0.3, -0.25) is 0 Å². The summed E-state index contributed by atoms with van der Waals surface area (Å²) in [7, 11) is 0. The topological polar surface area (TPSA) is 12.9 Å². The number of hydrogen-bond acceptors (Lipinski definition) is 1. The molecule has 94 valence electrons. The first kappa shape index (κ1) is 12.9. The molecule has 1 nitrogen and oxygen atoms in total. The van der Waals surface area contributed by atoms with Gasteiger partial charge >= 0.3 is 6.18 Å². The van der Waals surface area contributed by atoms with E-state index in [1.165, 1.54) is 12.1 Å². The van der Waals surface area contributed by atoms with Gasteiger partial charge in [0.1, 0.15) is 5.15 Å². The minimum atomic E-state index is -4.30. The fourth-order valence-corrected chi connectivity index (χ4v) is 1.75. The summed E-state index contributed by atoms with van der Waals surface area (Å²) >= 11 is 5.74. The van der Waals surface area contributed by atoms with Crippen LogP contribution in [0.5, 0.6) is 0 Å². The summed E-state index contributed by atoms with van der Waals surface area (Å²) in [5, 5.41) is 0.374. The Balaban J connectivity index is 2.16. The van der Waals surface area contributed by atoms with Crippen LogP contribution in [0, 0.1) is 0 Å². The van der Waals surface area contributed by atoms with Gasteiger partial charge < -0.3 is 0 Å². The molecule has 1 aromatic heterocycles. The summed E-state index contributed by atoms with van der Waals surface area (Å²) in [5.74, 6) is 0.